The summed E-state index contributed by atoms with van der Waals surface area (Å²) < 4.78 is 0. The monoisotopic (exact) mass is 219 g/mol. The lowest BCUT2D eigenvalue weighted by Crippen LogP contribution is -2.37. The van der Waals surface area contributed by atoms with E-state index >= 15 is 0 Å². The zero-order valence-corrected chi connectivity index (χ0v) is 10.4. The fraction of sp³-hybridized carbons (Fsp3) is 0.909. The van der Waals surface area contributed by atoms with Crippen molar-refractivity contribution in [2.75, 3.05) is 5.88 Å². The molecule has 0 aliphatic heterocycles. The van der Waals surface area contributed by atoms with Crippen LogP contribution in [-0.2, 0) is 4.79 Å². The number of rotatable bonds is 6. The van der Waals surface area contributed by atoms with Crippen molar-refractivity contribution in [2.45, 2.75) is 46.6 Å². The van der Waals surface area contributed by atoms with Gasteiger partial charge in [-0.3, -0.25) is 4.79 Å². The Morgan fingerprint density at radius 2 is 1.93 bits per heavy atom. The zero-order chi connectivity index (χ0) is 11.1. The van der Waals surface area contributed by atoms with Crippen molar-refractivity contribution in [3.63, 3.8) is 0 Å². The molecule has 0 aromatic heterocycles. The Balaban J connectivity index is 3.82. The molecule has 0 aliphatic rings. The van der Waals surface area contributed by atoms with Crippen molar-refractivity contribution in [1.29, 1.82) is 0 Å². The zero-order valence-electron chi connectivity index (χ0n) is 9.64. The molecule has 1 amide bonds. The average Bonchev–Trinajstić information content (AvgIpc) is 2.15. The molecular formula is C11H22ClNO. The third-order valence-electron chi connectivity index (χ3n) is 2.52. The molecule has 0 fully saturated rings. The number of carbonyl (C=O) groups excluding carboxylic acids is 1. The van der Waals surface area contributed by atoms with Gasteiger partial charge in [0.15, 0.2) is 0 Å². The van der Waals surface area contributed by atoms with Gasteiger partial charge in [-0.15, -0.1) is 11.6 Å². The molecule has 0 spiro atoms. The van der Waals surface area contributed by atoms with E-state index in [1.165, 1.54) is 0 Å². The molecule has 0 aromatic carbocycles. The molecule has 0 radical (unpaired) electrons. The molecule has 0 saturated carbocycles. The minimum atomic E-state index is -0.0870. The van der Waals surface area contributed by atoms with E-state index < -0.39 is 0 Å². The summed E-state index contributed by atoms with van der Waals surface area (Å²) in [6.07, 6.45) is 2.20. The summed E-state index contributed by atoms with van der Waals surface area (Å²) in [6, 6.07) is 0.253. The highest BCUT2D eigenvalue weighted by Crippen LogP contribution is 2.10. The molecule has 2 nitrogen and oxygen atoms in total. The third-order valence-corrected chi connectivity index (χ3v) is 2.98. The van der Waals surface area contributed by atoms with Crippen LogP contribution in [0.4, 0.5) is 0 Å². The highest BCUT2D eigenvalue weighted by atomic mass is 35.5. The lowest BCUT2D eigenvalue weighted by Gasteiger charge is -2.19. The second kappa shape index (κ2) is 7.10. The van der Waals surface area contributed by atoms with Crippen LogP contribution >= 0.6 is 11.6 Å². The molecule has 0 bridgehead atoms. The summed E-state index contributed by atoms with van der Waals surface area (Å²) in [5, 5.41) is 2.97. The van der Waals surface area contributed by atoms with Crippen LogP contribution in [0.25, 0.3) is 0 Å². The quantitative estimate of drug-likeness (QED) is 0.684. The van der Waals surface area contributed by atoms with E-state index in [9.17, 15) is 4.79 Å². The molecular weight excluding hydrogens is 198 g/mol. The first-order valence-corrected chi connectivity index (χ1v) is 5.91. The first-order valence-electron chi connectivity index (χ1n) is 5.37. The van der Waals surface area contributed by atoms with Crippen LogP contribution in [-0.4, -0.2) is 17.8 Å². The summed E-state index contributed by atoms with van der Waals surface area (Å²) in [6.45, 7) is 8.26. The number of hydrogen-bond acceptors (Lipinski definition) is 1. The summed E-state index contributed by atoms with van der Waals surface area (Å²) >= 11 is 5.60. The average molecular weight is 220 g/mol. The van der Waals surface area contributed by atoms with Gasteiger partial charge in [-0.2, -0.15) is 0 Å². The number of nitrogens with one attached hydrogen (secondary N) is 1. The first-order chi connectivity index (χ1) is 6.51. The van der Waals surface area contributed by atoms with E-state index in [0.29, 0.717) is 11.8 Å². The Kier molecular flexibility index (Phi) is 6.98. The fourth-order valence-corrected chi connectivity index (χ4v) is 1.42. The minimum absolute atomic E-state index is 0.0656. The molecule has 3 atom stereocenters. The summed E-state index contributed by atoms with van der Waals surface area (Å²) in [4.78, 5) is 11.5. The Bertz CT molecular complexity index is 173. The van der Waals surface area contributed by atoms with Crippen LogP contribution in [0.1, 0.15) is 40.5 Å². The van der Waals surface area contributed by atoms with Gasteiger partial charge in [0.05, 0.1) is 0 Å². The Hall–Kier alpha value is -0.240. The SMILES string of the molecule is CCC(C)CC(C)NC(=O)C(C)CCl. The topological polar surface area (TPSA) is 29.1 Å². The van der Waals surface area contributed by atoms with Crippen molar-refractivity contribution in [1.82, 2.24) is 5.32 Å². The lowest BCUT2D eigenvalue weighted by molar-refractivity contribution is -0.124. The van der Waals surface area contributed by atoms with Crippen molar-refractivity contribution in [2.24, 2.45) is 11.8 Å². The summed E-state index contributed by atoms with van der Waals surface area (Å²) in [5.41, 5.74) is 0. The Labute approximate surface area is 92.4 Å². The second-order valence-electron chi connectivity index (χ2n) is 4.21. The maximum Gasteiger partial charge on any atom is 0.224 e. The number of hydrogen-bond donors (Lipinski definition) is 1. The highest BCUT2D eigenvalue weighted by molar-refractivity contribution is 6.19. The smallest absolute Gasteiger partial charge is 0.224 e. The largest absolute Gasteiger partial charge is 0.353 e. The highest BCUT2D eigenvalue weighted by Gasteiger charge is 2.15. The van der Waals surface area contributed by atoms with Gasteiger partial charge in [-0.1, -0.05) is 27.2 Å². The molecule has 0 aromatic rings. The summed E-state index contributed by atoms with van der Waals surface area (Å²) in [5.74, 6) is 1.03. The Morgan fingerprint density at radius 3 is 2.36 bits per heavy atom. The van der Waals surface area contributed by atoms with E-state index in [1.54, 1.807) is 0 Å². The van der Waals surface area contributed by atoms with Gasteiger partial charge >= 0.3 is 0 Å². The molecule has 14 heavy (non-hydrogen) atoms. The minimum Gasteiger partial charge on any atom is -0.353 e. The molecule has 1 N–H and O–H groups in total. The maximum absolute atomic E-state index is 11.5. The van der Waals surface area contributed by atoms with Crippen LogP contribution in [0.3, 0.4) is 0 Å². The van der Waals surface area contributed by atoms with Crippen molar-refractivity contribution in [3.05, 3.63) is 0 Å². The van der Waals surface area contributed by atoms with Crippen LogP contribution in [0, 0.1) is 11.8 Å². The van der Waals surface area contributed by atoms with Crippen LogP contribution in [0.5, 0.6) is 0 Å². The van der Waals surface area contributed by atoms with Gasteiger partial charge in [0.1, 0.15) is 0 Å². The lowest BCUT2D eigenvalue weighted by atomic mass is 10.00. The van der Waals surface area contributed by atoms with Gasteiger partial charge in [-0.05, 0) is 19.3 Å². The summed E-state index contributed by atoms with van der Waals surface area (Å²) in [7, 11) is 0. The van der Waals surface area contributed by atoms with E-state index in [2.05, 4.69) is 19.2 Å². The molecule has 0 heterocycles. The molecule has 0 aliphatic carbocycles. The second-order valence-corrected chi connectivity index (χ2v) is 4.52. The van der Waals surface area contributed by atoms with Crippen molar-refractivity contribution in [3.8, 4) is 0 Å². The van der Waals surface area contributed by atoms with Crippen LogP contribution < -0.4 is 5.32 Å². The van der Waals surface area contributed by atoms with E-state index in [-0.39, 0.29) is 17.9 Å². The molecule has 0 rings (SSSR count). The first kappa shape index (κ1) is 13.8. The number of amides is 1. The Morgan fingerprint density at radius 1 is 1.36 bits per heavy atom. The van der Waals surface area contributed by atoms with Crippen LogP contribution in [0.15, 0.2) is 0 Å². The predicted octanol–water partition coefficient (Wildman–Crippen LogP) is 2.80. The van der Waals surface area contributed by atoms with Gasteiger partial charge in [-0.25, -0.2) is 0 Å². The predicted molar refractivity (Wildman–Crippen MR) is 61.6 cm³/mol. The fourth-order valence-electron chi connectivity index (χ4n) is 1.28. The number of carbonyl (C=O) groups is 1. The van der Waals surface area contributed by atoms with Gasteiger partial charge < -0.3 is 5.32 Å². The van der Waals surface area contributed by atoms with Crippen molar-refractivity contribution < 1.29 is 4.79 Å². The van der Waals surface area contributed by atoms with Gasteiger partial charge in [0.25, 0.3) is 0 Å². The van der Waals surface area contributed by atoms with E-state index in [0.717, 1.165) is 12.8 Å². The standard InChI is InChI=1S/C11H22ClNO/c1-5-8(2)6-10(4)13-11(14)9(3)7-12/h8-10H,5-7H2,1-4H3,(H,13,14). The molecule has 3 heteroatoms. The molecule has 84 valence electrons. The molecule has 0 saturated heterocycles. The third kappa shape index (κ3) is 5.48. The van der Waals surface area contributed by atoms with Gasteiger partial charge in [0.2, 0.25) is 5.91 Å². The maximum atomic E-state index is 11.5. The number of alkyl halides is 1. The van der Waals surface area contributed by atoms with E-state index in [1.807, 2.05) is 13.8 Å². The van der Waals surface area contributed by atoms with Gasteiger partial charge in [0, 0.05) is 17.8 Å². The normalized spacial score (nSPS) is 17.2. The molecule has 3 unspecified atom stereocenters. The van der Waals surface area contributed by atoms with E-state index in [4.69, 9.17) is 11.6 Å². The number of halogens is 1. The van der Waals surface area contributed by atoms with Crippen LogP contribution in [0.2, 0.25) is 0 Å². The van der Waals surface area contributed by atoms with Crippen molar-refractivity contribution >= 4 is 17.5 Å².